The first kappa shape index (κ1) is 17.5. The lowest BCUT2D eigenvalue weighted by Crippen LogP contribution is -2.33. The van der Waals surface area contributed by atoms with Gasteiger partial charge in [-0.25, -0.2) is 0 Å². The average Bonchev–Trinajstić information content (AvgIpc) is 3.02. The summed E-state index contributed by atoms with van der Waals surface area (Å²) < 4.78 is 0. The van der Waals surface area contributed by atoms with E-state index in [0.29, 0.717) is 6.42 Å². The minimum absolute atomic E-state index is 0.252. The number of carbonyl (C=O) groups excluding carboxylic acids is 1. The SMILES string of the molecule is O=C(CCCC[C@@H]1CCSS1)NCCCN1CCCCC1. The molecule has 3 nitrogen and oxygen atoms in total. The highest BCUT2D eigenvalue weighted by Crippen LogP contribution is 2.39. The molecule has 0 aliphatic carbocycles. The molecule has 0 unspecified atom stereocenters. The van der Waals surface area contributed by atoms with Crippen molar-refractivity contribution in [3.8, 4) is 0 Å². The Morgan fingerprint density at radius 2 is 2.00 bits per heavy atom. The fourth-order valence-electron chi connectivity index (χ4n) is 3.02. The van der Waals surface area contributed by atoms with E-state index in [1.807, 2.05) is 21.6 Å². The van der Waals surface area contributed by atoms with Gasteiger partial charge in [0.25, 0.3) is 0 Å². The third kappa shape index (κ3) is 7.80. The molecule has 2 rings (SSSR count). The van der Waals surface area contributed by atoms with Gasteiger partial charge in [-0.2, -0.15) is 0 Å². The molecule has 122 valence electrons. The van der Waals surface area contributed by atoms with Crippen LogP contribution in [-0.2, 0) is 4.79 Å². The second-order valence-corrected chi connectivity index (χ2v) is 8.97. The van der Waals surface area contributed by atoms with Gasteiger partial charge in [0.2, 0.25) is 5.91 Å². The molecule has 2 heterocycles. The highest BCUT2D eigenvalue weighted by molar-refractivity contribution is 8.77. The second kappa shape index (κ2) is 10.8. The van der Waals surface area contributed by atoms with Gasteiger partial charge in [0.05, 0.1) is 0 Å². The van der Waals surface area contributed by atoms with Crippen molar-refractivity contribution < 1.29 is 4.79 Å². The monoisotopic (exact) mass is 330 g/mol. The molecule has 0 bridgehead atoms. The molecule has 2 fully saturated rings. The minimum atomic E-state index is 0.252. The molecule has 5 heteroatoms. The maximum absolute atomic E-state index is 11.8. The maximum atomic E-state index is 11.8. The number of piperidine rings is 1. The third-order valence-electron chi connectivity index (χ3n) is 4.33. The minimum Gasteiger partial charge on any atom is -0.356 e. The highest BCUT2D eigenvalue weighted by Gasteiger charge is 2.15. The average molecular weight is 331 g/mol. The number of likely N-dealkylation sites (tertiary alicyclic amines) is 1. The molecule has 0 aromatic rings. The summed E-state index contributed by atoms with van der Waals surface area (Å²) in [5.74, 6) is 1.56. The van der Waals surface area contributed by atoms with Gasteiger partial charge in [-0.05, 0) is 58.2 Å². The van der Waals surface area contributed by atoms with Gasteiger partial charge in [-0.1, -0.05) is 34.4 Å². The molecule has 2 aliphatic rings. The van der Waals surface area contributed by atoms with Gasteiger partial charge in [0, 0.05) is 24.0 Å². The molecule has 0 spiro atoms. The van der Waals surface area contributed by atoms with E-state index in [0.717, 1.165) is 31.2 Å². The molecule has 0 aromatic carbocycles. The second-order valence-electron chi connectivity index (χ2n) is 6.18. The van der Waals surface area contributed by atoms with E-state index in [1.54, 1.807) is 0 Å². The van der Waals surface area contributed by atoms with Crippen LogP contribution in [0.2, 0.25) is 0 Å². The van der Waals surface area contributed by atoms with Gasteiger partial charge in [0.1, 0.15) is 0 Å². The van der Waals surface area contributed by atoms with E-state index < -0.39 is 0 Å². The fraction of sp³-hybridized carbons (Fsp3) is 0.938. The van der Waals surface area contributed by atoms with Gasteiger partial charge in [0.15, 0.2) is 0 Å². The molecule has 0 aromatic heterocycles. The summed E-state index contributed by atoms with van der Waals surface area (Å²) in [7, 11) is 4.05. The molecular weight excluding hydrogens is 300 g/mol. The summed E-state index contributed by atoms with van der Waals surface area (Å²) in [6.45, 7) is 4.51. The predicted molar refractivity (Wildman–Crippen MR) is 94.8 cm³/mol. The van der Waals surface area contributed by atoms with Crippen LogP contribution in [0.1, 0.15) is 57.8 Å². The number of nitrogens with one attached hydrogen (secondary N) is 1. The van der Waals surface area contributed by atoms with E-state index in [4.69, 9.17) is 0 Å². The Bertz CT molecular complexity index is 290. The number of hydrogen-bond acceptors (Lipinski definition) is 4. The Morgan fingerprint density at radius 3 is 2.76 bits per heavy atom. The Hall–Kier alpha value is 0.130. The van der Waals surface area contributed by atoms with Crippen LogP contribution >= 0.6 is 21.6 Å². The molecule has 1 N–H and O–H groups in total. The quantitative estimate of drug-likeness (QED) is 0.516. The van der Waals surface area contributed by atoms with Gasteiger partial charge in [-0.3, -0.25) is 4.79 Å². The van der Waals surface area contributed by atoms with Crippen LogP contribution in [0.4, 0.5) is 0 Å². The summed E-state index contributed by atoms with van der Waals surface area (Å²) in [6.07, 6.45) is 10.8. The Morgan fingerprint density at radius 1 is 1.14 bits per heavy atom. The number of nitrogens with zero attached hydrogens (tertiary/aromatic N) is 1. The lowest BCUT2D eigenvalue weighted by atomic mass is 10.1. The highest BCUT2D eigenvalue weighted by atomic mass is 33.1. The maximum Gasteiger partial charge on any atom is 0.219 e. The van der Waals surface area contributed by atoms with Crippen molar-refractivity contribution >= 4 is 27.5 Å². The van der Waals surface area contributed by atoms with E-state index in [9.17, 15) is 4.79 Å². The van der Waals surface area contributed by atoms with E-state index >= 15 is 0 Å². The largest absolute Gasteiger partial charge is 0.356 e. The number of amides is 1. The van der Waals surface area contributed by atoms with Crippen molar-refractivity contribution in [3.63, 3.8) is 0 Å². The molecule has 21 heavy (non-hydrogen) atoms. The first-order valence-electron chi connectivity index (χ1n) is 8.62. The number of rotatable bonds is 9. The van der Waals surface area contributed by atoms with Crippen LogP contribution in [0.25, 0.3) is 0 Å². The van der Waals surface area contributed by atoms with Gasteiger partial charge in [-0.15, -0.1) is 0 Å². The zero-order valence-electron chi connectivity index (χ0n) is 13.1. The molecule has 2 aliphatic heterocycles. The lowest BCUT2D eigenvalue weighted by Gasteiger charge is -2.26. The summed E-state index contributed by atoms with van der Waals surface area (Å²) in [5, 5.41) is 3.93. The fourth-order valence-corrected chi connectivity index (χ4v) is 6.05. The van der Waals surface area contributed by atoms with Crippen molar-refractivity contribution in [1.82, 2.24) is 10.2 Å². The van der Waals surface area contributed by atoms with Crippen molar-refractivity contribution in [3.05, 3.63) is 0 Å². The van der Waals surface area contributed by atoms with Crippen LogP contribution < -0.4 is 5.32 Å². The first-order chi connectivity index (χ1) is 10.3. The van der Waals surface area contributed by atoms with Crippen molar-refractivity contribution in [2.75, 3.05) is 31.9 Å². The number of unbranched alkanes of at least 4 members (excludes halogenated alkanes) is 1. The summed E-state index contributed by atoms with van der Waals surface area (Å²) in [5.41, 5.74) is 0. The van der Waals surface area contributed by atoms with Crippen LogP contribution in [0.15, 0.2) is 0 Å². The molecule has 0 saturated carbocycles. The summed E-state index contributed by atoms with van der Waals surface area (Å²) in [6, 6.07) is 0. The predicted octanol–water partition coefficient (Wildman–Crippen LogP) is 3.69. The summed E-state index contributed by atoms with van der Waals surface area (Å²) >= 11 is 0. The molecule has 2 saturated heterocycles. The lowest BCUT2D eigenvalue weighted by molar-refractivity contribution is -0.121. The van der Waals surface area contributed by atoms with Crippen molar-refractivity contribution in [2.45, 2.75) is 63.0 Å². The molecule has 1 atom stereocenters. The van der Waals surface area contributed by atoms with Gasteiger partial charge >= 0.3 is 0 Å². The van der Waals surface area contributed by atoms with Crippen LogP contribution in [0.5, 0.6) is 0 Å². The zero-order valence-corrected chi connectivity index (χ0v) is 14.8. The molecule has 0 radical (unpaired) electrons. The number of hydrogen-bond donors (Lipinski definition) is 1. The zero-order chi connectivity index (χ0) is 14.8. The van der Waals surface area contributed by atoms with E-state index in [1.165, 1.54) is 57.4 Å². The first-order valence-corrected chi connectivity index (χ1v) is 11.0. The van der Waals surface area contributed by atoms with Crippen LogP contribution in [0, 0.1) is 0 Å². The van der Waals surface area contributed by atoms with Crippen molar-refractivity contribution in [1.29, 1.82) is 0 Å². The van der Waals surface area contributed by atoms with E-state index in [2.05, 4.69) is 10.2 Å². The smallest absolute Gasteiger partial charge is 0.219 e. The van der Waals surface area contributed by atoms with Gasteiger partial charge < -0.3 is 10.2 Å². The topological polar surface area (TPSA) is 32.3 Å². The Kier molecular flexibility index (Phi) is 8.98. The normalized spacial score (nSPS) is 23.3. The summed E-state index contributed by atoms with van der Waals surface area (Å²) in [4.78, 5) is 14.3. The number of carbonyl (C=O) groups is 1. The van der Waals surface area contributed by atoms with E-state index in [-0.39, 0.29) is 5.91 Å². The Labute approximate surface area is 137 Å². The standard InChI is InChI=1S/C16H30N2OS2/c19-16(8-3-2-7-15-9-14-20-21-15)17-10-6-13-18-11-4-1-5-12-18/h15H,1-14H2,(H,17,19)/t15-/m1/s1. The third-order valence-corrected chi connectivity index (χ3v) is 7.34. The molecule has 1 amide bonds. The Balaban J connectivity index is 1.38. The molecular formula is C16H30N2OS2. The van der Waals surface area contributed by atoms with Crippen LogP contribution in [0.3, 0.4) is 0 Å². The van der Waals surface area contributed by atoms with Crippen LogP contribution in [-0.4, -0.2) is 48.0 Å². The van der Waals surface area contributed by atoms with Crippen molar-refractivity contribution in [2.24, 2.45) is 0 Å².